The fraction of sp³-hybridized carbons (Fsp3) is 0.391. The minimum atomic E-state index is -0.108. The normalized spacial score (nSPS) is 16.4. The minimum Gasteiger partial charge on any atom is -0.362 e. The zero-order valence-electron chi connectivity index (χ0n) is 16.9. The van der Waals surface area contributed by atoms with Gasteiger partial charge in [-0.05, 0) is 43.5 Å². The average molecular weight is 393 g/mol. The van der Waals surface area contributed by atoms with E-state index in [0.717, 1.165) is 25.1 Å². The largest absolute Gasteiger partial charge is 0.362 e. The minimum absolute atomic E-state index is 0.108. The SMILES string of the molecule is Cc1ccc2c(c1)CCCN2CC(=O)N1CCN(C(=O)Nc2ccccc2)CC1. The standard InChI is InChI=1S/C23H28N4O2/c1-18-9-10-21-19(16-18)6-5-11-27(21)17-22(28)25-12-14-26(15-13-25)23(29)24-20-7-3-2-4-8-20/h2-4,7-10,16H,5-6,11-15,17H2,1H3,(H,24,29). The number of aryl methyl sites for hydroxylation is 2. The molecule has 152 valence electrons. The summed E-state index contributed by atoms with van der Waals surface area (Å²) in [6, 6.07) is 15.8. The molecule has 0 bridgehead atoms. The van der Waals surface area contributed by atoms with Crippen molar-refractivity contribution >= 4 is 23.3 Å². The molecule has 3 amide bonds. The molecule has 0 aromatic heterocycles. The molecule has 1 N–H and O–H groups in total. The van der Waals surface area contributed by atoms with Crippen molar-refractivity contribution in [2.24, 2.45) is 0 Å². The van der Waals surface area contributed by atoms with Gasteiger partial charge in [0.25, 0.3) is 0 Å². The lowest BCUT2D eigenvalue weighted by molar-refractivity contribution is -0.131. The first-order valence-corrected chi connectivity index (χ1v) is 10.3. The van der Waals surface area contributed by atoms with Crippen molar-refractivity contribution in [2.45, 2.75) is 19.8 Å². The molecule has 2 heterocycles. The van der Waals surface area contributed by atoms with Crippen LogP contribution >= 0.6 is 0 Å². The molecule has 0 aliphatic carbocycles. The smallest absolute Gasteiger partial charge is 0.321 e. The van der Waals surface area contributed by atoms with E-state index < -0.39 is 0 Å². The molecule has 1 fully saturated rings. The van der Waals surface area contributed by atoms with Crippen molar-refractivity contribution in [3.05, 3.63) is 59.7 Å². The molecular formula is C23H28N4O2. The fourth-order valence-electron chi connectivity index (χ4n) is 4.11. The fourth-order valence-corrected chi connectivity index (χ4v) is 4.11. The summed E-state index contributed by atoms with van der Waals surface area (Å²) in [5.74, 6) is 0.140. The van der Waals surface area contributed by atoms with Gasteiger partial charge < -0.3 is 20.0 Å². The number of urea groups is 1. The van der Waals surface area contributed by atoms with E-state index in [-0.39, 0.29) is 11.9 Å². The summed E-state index contributed by atoms with van der Waals surface area (Å²) in [4.78, 5) is 31.2. The summed E-state index contributed by atoms with van der Waals surface area (Å²) in [5, 5.41) is 2.91. The zero-order chi connectivity index (χ0) is 20.2. The molecule has 6 heteroatoms. The van der Waals surface area contributed by atoms with Crippen LogP contribution in [-0.2, 0) is 11.2 Å². The summed E-state index contributed by atoms with van der Waals surface area (Å²) in [6.45, 7) is 5.71. The van der Waals surface area contributed by atoms with Gasteiger partial charge in [0.2, 0.25) is 5.91 Å². The number of rotatable bonds is 3. The van der Waals surface area contributed by atoms with Gasteiger partial charge in [0.05, 0.1) is 6.54 Å². The maximum absolute atomic E-state index is 12.9. The number of fused-ring (bicyclic) bond motifs is 1. The van der Waals surface area contributed by atoms with E-state index in [9.17, 15) is 9.59 Å². The quantitative estimate of drug-likeness (QED) is 0.873. The van der Waals surface area contributed by atoms with Crippen LogP contribution in [0.15, 0.2) is 48.5 Å². The number of carbonyl (C=O) groups is 2. The van der Waals surface area contributed by atoms with Crippen molar-refractivity contribution in [3.63, 3.8) is 0 Å². The van der Waals surface area contributed by atoms with Crippen LogP contribution in [0.3, 0.4) is 0 Å². The molecule has 0 unspecified atom stereocenters. The Kier molecular flexibility index (Phi) is 5.69. The molecule has 2 aromatic carbocycles. The second-order valence-corrected chi connectivity index (χ2v) is 7.82. The number of para-hydroxylation sites is 1. The van der Waals surface area contributed by atoms with Crippen molar-refractivity contribution in [1.29, 1.82) is 0 Å². The molecule has 2 aliphatic heterocycles. The van der Waals surface area contributed by atoms with Crippen LogP contribution in [0.2, 0.25) is 0 Å². The molecule has 0 saturated carbocycles. The lowest BCUT2D eigenvalue weighted by atomic mass is 9.99. The second-order valence-electron chi connectivity index (χ2n) is 7.82. The molecule has 1 saturated heterocycles. The second kappa shape index (κ2) is 8.55. The first-order chi connectivity index (χ1) is 14.1. The molecule has 0 radical (unpaired) electrons. The van der Waals surface area contributed by atoms with Crippen molar-refractivity contribution in [1.82, 2.24) is 9.80 Å². The van der Waals surface area contributed by atoms with Crippen molar-refractivity contribution in [3.8, 4) is 0 Å². The number of hydrogen-bond donors (Lipinski definition) is 1. The molecule has 29 heavy (non-hydrogen) atoms. The Labute approximate surface area is 172 Å². The topological polar surface area (TPSA) is 55.9 Å². The van der Waals surface area contributed by atoms with Gasteiger partial charge in [-0.2, -0.15) is 0 Å². The summed E-state index contributed by atoms with van der Waals surface area (Å²) in [7, 11) is 0. The summed E-state index contributed by atoms with van der Waals surface area (Å²) in [6.07, 6.45) is 2.16. The number of hydrogen-bond acceptors (Lipinski definition) is 3. The molecular weight excluding hydrogens is 364 g/mol. The number of nitrogens with one attached hydrogen (secondary N) is 1. The lowest BCUT2D eigenvalue weighted by Gasteiger charge is -2.37. The Morgan fingerprint density at radius 3 is 2.41 bits per heavy atom. The first kappa shape index (κ1) is 19.3. The highest BCUT2D eigenvalue weighted by atomic mass is 16.2. The van der Waals surface area contributed by atoms with Crippen LogP contribution in [0.4, 0.5) is 16.2 Å². The molecule has 2 aromatic rings. The van der Waals surface area contributed by atoms with Gasteiger partial charge in [0, 0.05) is 44.1 Å². The molecule has 2 aliphatic rings. The Morgan fingerprint density at radius 2 is 1.66 bits per heavy atom. The monoisotopic (exact) mass is 392 g/mol. The van der Waals surface area contributed by atoms with Crippen LogP contribution in [0.25, 0.3) is 0 Å². The lowest BCUT2D eigenvalue weighted by Crippen LogP contribution is -2.53. The van der Waals surface area contributed by atoms with E-state index in [4.69, 9.17) is 0 Å². The van der Waals surface area contributed by atoms with Crippen LogP contribution in [0.1, 0.15) is 17.5 Å². The summed E-state index contributed by atoms with van der Waals surface area (Å²) < 4.78 is 0. The predicted molar refractivity (Wildman–Crippen MR) is 115 cm³/mol. The predicted octanol–water partition coefficient (Wildman–Crippen LogP) is 3.12. The maximum Gasteiger partial charge on any atom is 0.321 e. The first-order valence-electron chi connectivity index (χ1n) is 10.3. The Bertz CT molecular complexity index is 876. The van der Waals surface area contributed by atoms with Crippen LogP contribution < -0.4 is 10.2 Å². The van der Waals surface area contributed by atoms with Crippen LogP contribution in [0.5, 0.6) is 0 Å². The van der Waals surface area contributed by atoms with Crippen LogP contribution in [0, 0.1) is 6.92 Å². The van der Waals surface area contributed by atoms with Gasteiger partial charge in [0.1, 0.15) is 0 Å². The zero-order valence-corrected chi connectivity index (χ0v) is 16.9. The highest BCUT2D eigenvalue weighted by Crippen LogP contribution is 2.27. The number of benzene rings is 2. The highest BCUT2D eigenvalue weighted by Gasteiger charge is 2.26. The van der Waals surface area contributed by atoms with Gasteiger partial charge in [-0.15, -0.1) is 0 Å². The van der Waals surface area contributed by atoms with E-state index in [1.165, 1.54) is 16.8 Å². The number of anilines is 2. The summed E-state index contributed by atoms with van der Waals surface area (Å²) >= 11 is 0. The molecule has 0 atom stereocenters. The van der Waals surface area contributed by atoms with E-state index in [1.54, 1.807) is 4.90 Å². The van der Waals surface area contributed by atoms with Gasteiger partial charge in [-0.3, -0.25) is 4.79 Å². The Morgan fingerprint density at radius 1 is 0.931 bits per heavy atom. The molecule has 4 rings (SSSR count). The third-order valence-corrected chi connectivity index (χ3v) is 5.72. The van der Waals surface area contributed by atoms with Crippen molar-refractivity contribution in [2.75, 3.05) is 49.5 Å². The number of amides is 3. The number of nitrogens with zero attached hydrogens (tertiary/aromatic N) is 3. The molecule has 0 spiro atoms. The maximum atomic E-state index is 12.9. The van der Waals surface area contributed by atoms with E-state index in [0.29, 0.717) is 32.7 Å². The third kappa shape index (κ3) is 4.53. The van der Waals surface area contributed by atoms with E-state index in [1.807, 2.05) is 35.2 Å². The van der Waals surface area contributed by atoms with E-state index >= 15 is 0 Å². The van der Waals surface area contributed by atoms with Crippen molar-refractivity contribution < 1.29 is 9.59 Å². The van der Waals surface area contributed by atoms with E-state index in [2.05, 4.69) is 35.3 Å². The van der Waals surface area contributed by atoms with Gasteiger partial charge >= 0.3 is 6.03 Å². The van der Waals surface area contributed by atoms with Gasteiger partial charge in [-0.25, -0.2) is 4.79 Å². The number of piperazine rings is 1. The van der Waals surface area contributed by atoms with Gasteiger partial charge in [-0.1, -0.05) is 35.9 Å². The Balaban J connectivity index is 1.30. The number of carbonyl (C=O) groups excluding carboxylic acids is 2. The Hall–Kier alpha value is -3.02. The summed E-state index contributed by atoms with van der Waals surface area (Å²) in [5.41, 5.74) is 4.58. The van der Waals surface area contributed by atoms with Gasteiger partial charge in [0.15, 0.2) is 0 Å². The average Bonchev–Trinajstić information content (AvgIpc) is 2.74. The third-order valence-electron chi connectivity index (χ3n) is 5.72. The molecule has 6 nitrogen and oxygen atoms in total. The van der Waals surface area contributed by atoms with Crippen LogP contribution in [-0.4, -0.2) is 61.0 Å². The highest BCUT2D eigenvalue weighted by molar-refractivity contribution is 5.89.